The summed E-state index contributed by atoms with van der Waals surface area (Å²) in [5.74, 6) is 1.34. The fourth-order valence-corrected chi connectivity index (χ4v) is 2.69. The molecule has 0 spiro atoms. The second-order valence-corrected chi connectivity index (χ2v) is 5.94. The van der Waals surface area contributed by atoms with Gasteiger partial charge < -0.3 is 19.5 Å². The number of pyridine rings is 1. The van der Waals surface area contributed by atoms with Crippen LogP contribution in [0.15, 0.2) is 59.7 Å². The lowest BCUT2D eigenvalue weighted by atomic mass is 10.1. The molecule has 0 aliphatic rings. The van der Waals surface area contributed by atoms with Crippen molar-refractivity contribution in [3.8, 4) is 5.75 Å². The lowest BCUT2D eigenvalue weighted by Crippen LogP contribution is -2.27. The fourth-order valence-electron chi connectivity index (χ4n) is 2.69. The van der Waals surface area contributed by atoms with Gasteiger partial charge in [-0.2, -0.15) is 0 Å². The number of carbonyl (C=O) groups excluding carboxylic acids is 1. The summed E-state index contributed by atoms with van der Waals surface area (Å²) in [7, 11) is 0. The lowest BCUT2D eigenvalue weighted by Gasteiger charge is -2.09. The molecule has 3 heterocycles. The van der Waals surface area contributed by atoms with Crippen molar-refractivity contribution in [1.29, 1.82) is 0 Å². The lowest BCUT2D eigenvalue weighted by molar-refractivity contribution is 0.0933. The number of fused-ring (bicyclic) bond motifs is 1. The van der Waals surface area contributed by atoms with E-state index in [0.717, 1.165) is 10.8 Å². The Bertz CT molecular complexity index is 1050. The molecule has 136 valence electrons. The number of benzene rings is 1. The van der Waals surface area contributed by atoms with Gasteiger partial charge in [0.05, 0.1) is 6.04 Å². The van der Waals surface area contributed by atoms with E-state index in [4.69, 9.17) is 9.15 Å². The number of nitrogens with one attached hydrogen (secondary N) is 2. The number of hydrogen-bond acceptors (Lipinski definition) is 6. The van der Waals surface area contributed by atoms with Crippen LogP contribution in [0.3, 0.4) is 0 Å². The fraction of sp³-hybridized carbons (Fsp3) is 0.158. The van der Waals surface area contributed by atoms with E-state index in [1.54, 1.807) is 24.8 Å². The zero-order chi connectivity index (χ0) is 18.6. The van der Waals surface area contributed by atoms with Gasteiger partial charge in [-0.25, -0.2) is 9.97 Å². The maximum atomic E-state index is 12.3. The summed E-state index contributed by atoms with van der Waals surface area (Å²) in [6, 6.07) is 7.33. The Kier molecular flexibility index (Phi) is 4.52. The number of imidazole rings is 1. The topological polar surface area (TPSA) is 106 Å². The Hall–Kier alpha value is -3.68. The van der Waals surface area contributed by atoms with Gasteiger partial charge in [0.25, 0.3) is 5.91 Å². The molecular formula is C19H17N5O3. The van der Waals surface area contributed by atoms with Crippen LogP contribution >= 0.6 is 0 Å². The first-order chi connectivity index (χ1) is 13.2. The molecule has 27 heavy (non-hydrogen) atoms. The molecule has 0 saturated heterocycles. The zero-order valence-corrected chi connectivity index (χ0v) is 14.5. The van der Waals surface area contributed by atoms with Crippen molar-refractivity contribution in [2.75, 3.05) is 0 Å². The van der Waals surface area contributed by atoms with Crippen LogP contribution in [0.5, 0.6) is 5.75 Å². The third kappa shape index (κ3) is 3.64. The Balaban J connectivity index is 1.41. The highest BCUT2D eigenvalue weighted by molar-refractivity contribution is 5.92. The van der Waals surface area contributed by atoms with Crippen LogP contribution in [0, 0.1) is 0 Å². The van der Waals surface area contributed by atoms with Crippen molar-refractivity contribution >= 4 is 16.7 Å². The summed E-state index contributed by atoms with van der Waals surface area (Å²) in [6.45, 7) is 1.94. The van der Waals surface area contributed by atoms with Crippen molar-refractivity contribution < 1.29 is 13.9 Å². The second-order valence-electron chi connectivity index (χ2n) is 5.94. The highest BCUT2D eigenvalue weighted by Crippen LogP contribution is 2.25. The van der Waals surface area contributed by atoms with E-state index < -0.39 is 0 Å². The van der Waals surface area contributed by atoms with Crippen LogP contribution in [0.1, 0.15) is 35.2 Å². The Labute approximate surface area is 154 Å². The number of amides is 1. The van der Waals surface area contributed by atoms with Crippen LogP contribution in [0.25, 0.3) is 10.8 Å². The van der Waals surface area contributed by atoms with Gasteiger partial charge in [0, 0.05) is 35.6 Å². The van der Waals surface area contributed by atoms with Gasteiger partial charge in [-0.05, 0) is 19.1 Å². The van der Waals surface area contributed by atoms with Crippen LogP contribution in [0.4, 0.5) is 0 Å². The number of aromatic nitrogens is 4. The Morgan fingerprint density at radius 1 is 1.33 bits per heavy atom. The SMILES string of the molecule is CC(NC(=O)c1coc(COc2cccc3cnccc23)n1)c1ncc[nH]1. The van der Waals surface area contributed by atoms with E-state index in [9.17, 15) is 4.79 Å². The molecular weight excluding hydrogens is 346 g/mol. The predicted octanol–water partition coefficient (Wildman–Crippen LogP) is 3.02. The molecule has 0 aliphatic carbocycles. The van der Waals surface area contributed by atoms with E-state index in [0.29, 0.717) is 17.5 Å². The van der Waals surface area contributed by atoms with Gasteiger partial charge in [-0.3, -0.25) is 9.78 Å². The molecule has 4 rings (SSSR count). The smallest absolute Gasteiger partial charge is 0.273 e. The van der Waals surface area contributed by atoms with Crippen molar-refractivity contribution in [2.45, 2.75) is 19.6 Å². The molecule has 0 saturated carbocycles. The van der Waals surface area contributed by atoms with E-state index in [1.807, 2.05) is 31.2 Å². The predicted molar refractivity (Wildman–Crippen MR) is 97.0 cm³/mol. The first kappa shape index (κ1) is 16.8. The number of carbonyl (C=O) groups is 1. The molecule has 8 nitrogen and oxygen atoms in total. The van der Waals surface area contributed by atoms with E-state index >= 15 is 0 Å². The van der Waals surface area contributed by atoms with Crippen LogP contribution in [-0.2, 0) is 6.61 Å². The normalized spacial score (nSPS) is 12.0. The molecule has 0 aliphatic heterocycles. The maximum Gasteiger partial charge on any atom is 0.273 e. The summed E-state index contributed by atoms with van der Waals surface area (Å²) < 4.78 is 11.2. The highest BCUT2D eigenvalue weighted by atomic mass is 16.5. The molecule has 2 N–H and O–H groups in total. The summed E-state index contributed by atoms with van der Waals surface area (Å²) in [5.41, 5.74) is 0.189. The van der Waals surface area contributed by atoms with Crippen LogP contribution < -0.4 is 10.1 Å². The molecule has 0 radical (unpaired) electrons. The monoisotopic (exact) mass is 363 g/mol. The molecule has 4 aromatic rings. The summed E-state index contributed by atoms with van der Waals surface area (Å²) in [5, 5.41) is 4.74. The third-order valence-corrected chi connectivity index (χ3v) is 4.05. The molecule has 1 atom stereocenters. The van der Waals surface area contributed by atoms with Crippen molar-refractivity contribution in [3.05, 3.63) is 72.7 Å². The third-order valence-electron chi connectivity index (χ3n) is 4.05. The summed E-state index contributed by atoms with van der Waals surface area (Å²) in [6.07, 6.45) is 8.13. The van der Waals surface area contributed by atoms with Gasteiger partial charge in [0.1, 0.15) is 17.8 Å². The van der Waals surface area contributed by atoms with Gasteiger partial charge in [0.2, 0.25) is 5.89 Å². The van der Waals surface area contributed by atoms with E-state index in [2.05, 4.69) is 25.3 Å². The second kappa shape index (κ2) is 7.28. The average molecular weight is 363 g/mol. The number of rotatable bonds is 6. The van der Waals surface area contributed by atoms with Crippen molar-refractivity contribution in [1.82, 2.24) is 25.3 Å². The number of oxazole rings is 1. The number of ether oxygens (including phenoxy) is 1. The first-order valence-corrected chi connectivity index (χ1v) is 8.41. The van der Waals surface area contributed by atoms with Gasteiger partial charge in [-0.15, -0.1) is 0 Å². The Morgan fingerprint density at radius 3 is 3.11 bits per heavy atom. The molecule has 3 aromatic heterocycles. The minimum atomic E-state index is -0.342. The van der Waals surface area contributed by atoms with Crippen molar-refractivity contribution in [3.63, 3.8) is 0 Å². The molecule has 0 bridgehead atoms. The molecule has 8 heteroatoms. The number of nitrogens with zero attached hydrogens (tertiary/aromatic N) is 3. The van der Waals surface area contributed by atoms with Crippen LogP contribution in [-0.4, -0.2) is 25.8 Å². The average Bonchev–Trinajstić information content (AvgIpc) is 3.38. The summed E-state index contributed by atoms with van der Waals surface area (Å²) in [4.78, 5) is 27.7. The van der Waals surface area contributed by atoms with Gasteiger partial charge in [-0.1, -0.05) is 12.1 Å². The highest BCUT2D eigenvalue weighted by Gasteiger charge is 2.17. The molecule has 0 fully saturated rings. The number of aromatic amines is 1. The van der Waals surface area contributed by atoms with Gasteiger partial charge >= 0.3 is 0 Å². The maximum absolute atomic E-state index is 12.3. The van der Waals surface area contributed by atoms with Gasteiger partial charge in [0.15, 0.2) is 12.3 Å². The Morgan fingerprint density at radius 2 is 2.26 bits per heavy atom. The van der Waals surface area contributed by atoms with E-state index in [-0.39, 0.29) is 24.2 Å². The van der Waals surface area contributed by atoms with E-state index in [1.165, 1.54) is 6.26 Å². The van der Waals surface area contributed by atoms with Crippen molar-refractivity contribution in [2.24, 2.45) is 0 Å². The number of H-pyrrole nitrogens is 1. The molecule has 1 amide bonds. The molecule has 1 unspecified atom stereocenters. The quantitative estimate of drug-likeness (QED) is 0.545. The number of hydrogen-bond donors (Lipinski definition) is 2. The standard InChI is InChI=1S/C19H17N5O3/c1-12(18-21-7-8-22-18)23-19(25)15-10-27-17(24-15)11-26-16-4-2-3-13-9-20-6-5-14(13)16/h2-10,12H,11H2,1H3,(H,21,22)(H,23,25). The summed E-state index contributed by atoms with van der Waals surface area (Å²) >= 11 is 0. The zero-order valence-electron chi connectivity index (χ0n) is 14.5. The largest absolute Gasteiger partial charge is 0.483 e. The minimum Gasteiger partial charge on any atom is -0.483 e. The van der Waals surface area contributed by atoms with Crippen LogP contribution in [0.2, 0.25) is 0 Å². The minimum absolute atomic E-state index is 0.114. The first-order valence-electron chi connectivity index (χ1n) is 8.41. The molecule has 1 aromatic carbocycles.